The van der Waals surface area contributed by atoms with Crippen LogP contribution < -0.4 is 5.32 Å². The molecule has 0 aliphatic carbocycles. The van der Waals surface area contributed by atoms with Crippen LogP contribution >= 0.6 is 0 Å². The number of benzene rings is 2. The van der Waals surface area contributed by atoms with Crippen molar-refractivity contribution in [2.45, 2.75) is 26.3 Å². The molecule has 0 unspecified atom stereocenters. The first-order valence-corrected chi connectivity index (χ1v) is 8.91. The van der Waals surface area contributed by atoms with E-state index in [1.165, 1.54) is 11.3 Å². The summed E-state index contributed by atoms with van der Waals surface area (Å²) in [6, 6.07) is 18.8. The molecule has 0 spiro atoms. The first-order chi connectivity index (χ1) is 12.8. The summed E-state index contributed by atoms with van der Waals surface area (Å²) in [5.74, 6) is 1.97. The Kier molecular flexibility index (Phi) is 3.45. The molecule has 5 heteroatoms. The molecule has 0 radical (unpaired) electrons. The molecule has 0 atom stereocenters. The predicted molar refractivity (Wildman–Crippen MR) is 103 cm³/mol. The van der Waals surface area contributed by atoms with E-state index in [0.717, 1.165) is 46.8 Å². The average Bonchev–Trinajstić information content (AvgIpc) is 3.09. The van der Waals surface area contributed by atoms with Crippen molar-refractivity contribution in [3.8, 4) is 5.69 Å². The maximum atomic E-state index is 4.61. The third-order valence-electron chi connectivity index (χ3n) is 4.93. The van der Waals surface area contributed by atoms with Gasteiger partial charge in [0.1, 0.15) is 5.82 Å². The molecule has 1 aliphatic rings. The van der Waals surface area contributed by atoms with Gasteiger partial charge in [-0.15, -0.1) is 10.2 Å². The normalized spacial score (nSPS) is 12.7. The van der Waals surface area contributed by atoms with E-state index in [0.29, 0.717) is 6.54 Å². The molecule has 1 aliphatic heterocycles. The number of aromatic nitrogens is 4. The summed E-state index contributed by atoms with van der Waals surface area (Å²) in [5, 5.41) is 13.5. The average molecular weight is 341 g/mol. The Labute approximate surface area is 151 Å². The Hall–Kier alpha value is -3.21. The van der Waals surface area contributed by atoms with Crippen LogP contribution in [0.2, 0.25) is 0 Å². The molecule has 3 heterocycles. The van der Waals surface area contributed by atoms with Crippen LogP contribution in [0.4, 0.5) is 5.69 Å². The zero-order valence-corrected chi connectivity index (χ0v) is 14.6. The number of rotatable bonds is 3. The SMILES string of the molecule is Cc1cc(NCc2nnc3n2-c2ccccc2CC3)c2ccccc2n1. The van der Waals surface area contributed by atoms with Gasteiger partial charge in [-0.3, -0.25) is 9.55 Å². The monoisotopic (exact) mass is 341 g/mol. The van der Waals surface area contributed by atoms with Crippen molar-refractivity contribution >= 4 is 16.6 Å². The first kappa shape index (κ1) is 15.1. The van der Waals surface area contributed by atoms with Gasteiger partial charge >= 0.3 is 0 Å². The van der Waals surface area contributed by atoms with Gasteiger partial charge in [-0.25, -0.2) is 0 Å². The van der Waals surface area contributed by atoms with Crippen molar-refractivity contribution in [2.24, 2.45) is 0 Å². The molecule has 26 heavy (non-hydrogen) atoms. The molecule has 0 amide bonds. The minimum Gasteiger partial charge on any atom is -0.377 e. The van der Waals surface area contributed by atoms with Crippen molar-refractivity contribution in [1.29, 1.82) is 0 Å². The predicted octanol–water partition coefficient (Wildman–Crippen LogP) is 3.83. The molecule has 1 N–H and O–H groups in total. The number of anilines is 1. The highest BCUT2D eigenvalue weighted by atomic mass is 15.3. The summed E-state index contributed by atoms with van der Waals surface area (Å²) in [6.07, 6.45) is 1.96. The molecule has 4 aromatic rings. The molecule has 0 fully saturated rings. The van der Waals surface area contributed by atoms with Crippen LogP contribution in [0.15, 0.2) is 54.6 Å². The van der Waals surface area contributed by atoms with Gasteiger partial charge in [0.25, 0.3) is 0 Å². The number of fused-ring (bicyclic) bond motifs is 4. The Morgan fingerprint density at radius 1 is 1.00 bits per heavy atom. The summed E-state index contributed by atoms with van der Waals surface area (Å²) in [5.41, 5.74) is 5.63. The van der Waals surface area contributed by atoms with E-state index < -0.39 is 0 Å². The number of nitrogens with one attached hydrogen (secondary N) is 1. The third-order valence-corrected chi connectivity index (χ3v) is 4.93. The van der Waals surface area contributed by atoms with Crippen LogP contribution in [0.5, 0.6) is 0 Å². The van der Waals surface area contributed by atoms with E-state index in [2.05, 4.69) is 61.5 Å². The van der Waals surface area contributed by atoms with Crippen molar-refractivity contribution in [3.63, 3.8) is 0 Å². The van der Waals surface area contributed by atoms with E-state index in [4.69, 9.17) is 0 Å². The molecule has 0 bridgehead atoms. The fraction of sp³-hybridized carbons (Fsp3) is 0.190. The van der Waals surface area contributed by atoms with Gasteiger partial charge in [0.05, 0.1) is 17.7 Å². The van der Waals surface area contributed by atoms with Gasteiger partial charge in [0.2, 0.25) is 0 Å². The van der Waals surface area contributed by atoms with E-state index in [1.807, 2.05) is 25.1 Å². The minimum atomic E-state index is 0.620. The van der Waals surface area contributed by atoms with Crippen LogP contribution in [0.1, 0.15) is 22.9 Å². The van der Waals surface area contributed by atoms with Crippen molar-refractivity contribution in [3.05, 3.63) is 77.5 Å². The first-order valence-electron chi connectivity index (χ1n) is 8.91. The van der Waals surface area contributed by atoms with Crippen molar-refractivity contribution in [2.75, 3.05) is 5.32 Å². The van der Waals surface area contributed by atoms with Gasteiger partial charge < -0.3 is 5.32 Å². The molecule has 2 aromatic carbocycles. The lowest BCUT2D eigenvalue weighted by Gasteiger charge is -2.19. The number of pyridine rings is 1. The zero-order valence-electron chi connectivity index (χ0n) is 14.6. The number of aryl methyl sites for hydroxylation is 3. The van der Waals surface area contributed by atoms with Gasteiger partial charge in [0.15, 0.2) is 5.82 Å². The van der Waals surface area contributed by atoms with Crippen LogP contribution in [0.3, 0.4) is 0 Å². The van der Waals surface area contributed by atoms with Gasteiger partial charge in [-0.05, 0) is 37.1 Å². The molecule has 0 saturated heterocycles. The molecular weight excluding hydrogens is 322 g/mol. The largest absolute Gasteiger partial charge is 0.377 e. The van der Waals surface area contributed by atoms with E-state index in [9.17, 15) is 0 Å². The topological polar surface area (TPSA) is 55.6 Å². The van der Waals surface area contributed by atoms with Crippen LogP contribution in [0.25, 0.3) is 16.6 Å². The second-order valence-corrected chi connectivity index (χ2v) is 6.68. The van der Waals surface area contributed by atoms with Crippen molar-refractivity contribution in [1.82, 2.24) is 19.7 Å². The van der Waals surface area contributed by atoms with E-state index in [-0.39, 0.29) is 0 Å². The summed E-state index contributed by atoms with van der Waals surface area (Å²) >= 11 is 0. The fourth-order valence-corrected chi connectivity index (χ4v) is 3.72. The Morgan fingerprint density at radius 3 is 2.81 bits per heavy atom. The van der Waals surface area contributed by atoms with Gasteiger partial charge in [-0.1, -0.05) is 36.4 Å². The number of nitrogens with zero attached hydrogens (tertiary/aromatic N) is 4. The Bertz CT molecular complexity index is 1110. The number of hydrogen-bond acceptors (Lipinski definition) is 4. The molecule has 2 aromatic heterocycles. The molecule has 5 nitrogen and oxygen atoms in total. The summed E-state index contributed by atoms with van der Waals surface area (Å²) in [7, 11) is 0. The van der Waals surface area contributed by atoms with Crippen LogP contribution in [-0.2, 0) is 19.4 Å². The maximum Gasteiger partial charge on any atom is 0.156 e. The zero-order chi connectivity index (χ0) is 17.5. The lowest BCUT2D eigenvalue weighted by atomic mass is 10.0. The van der Waals surface area contributed by atoms with Gasteiger partial charge in [-0.2, -0.15) is 0 Å². The summed E-state index contributed by atoms with van der Waals surface area (Å²) < 4.78 is 2.20. The third kappa shape index (κ3) is 2.44. The number of para-hydroxylation sites is 2. The summed E-state index contributed by atoms with van der Waals surface area (Å²) in [4.78, 5) is 4.61. The lowest BCUT2D eigenvalue weighted by molar-refractivity contribution is 0.758. The van der Waals surface area contributed by atoms with E-state index >= 15 is 0 Å². The van der Waals surface area contributed by atoms with Gasteiger partial charge in [0, 0.05) is 23.2 Å². The highest BCUT2D eigenvalue weighted by molar-refractivity contribution is 5.91. The second-order valence-electron chi connectivity index (χ2n) is 6.68. The Balaban J connectivity index is 1.51. The van der Waals surface area contributed by atoms with Crippen LogP contribution in [0, 0.1) is 6.92 Å². The minimum absolute atomic E-state index is 0.620. The number of hydrogen-bond donors (Lipinski definition) is 1. The fourth-order valence-electron chi connectivity index (χ4n) is 3.72. The molecular formula is C21H19N5. The highest BCUT2D eigenvalue weighted by Crippen LogP contribution is 2.27. The quantitative estimate of drug-likeness (QED) is 0.615. The smallest absolute Gasteiger partial charge is 0.156 e. The molecule has 5 rings (SSSR count). The Morgan fingerprint density at radius 2 is 1.85 bits per heavy atom. The lowest BCUT2D eigenvalue weighted by Crippen LogP contribution is -2.16. The second kappa shape index (κ2) is 5.95. The maximum absolute atomic E-state index is 4.61. The van der Waals surface area contributed by atoms with Crippen molar-refractivity contribution < 1.29 is 0 Å². The molecule has 0 saturated carbocycles. The standard InChI is InChI=1S/C21H19N5/c1-14-12-18(16-7-3-4-8-17(16)23-14)22-13-21-25-24-20-11-10-15-6-2-5-9-19(15)26(20)21/h2-9,12H,10-11,13H2,1H3,(H,22,23). The highest BCUT2D eigenvalue weighted by Gasteiger charge is 2.20. The van der Waals surface area contributed by atoms with Crippen LogP contribution in [-0.4, -0.2) is 19.7 Å². The summed E-state index contributed by atoms with van der Waals surface area (Å²) in [6.45, 7) is 2.64. The molecule has 128 valence electrons. The van der Waals surface area contributed by atoms with E-state index in [1.54, 1.807) is 0 Å².